The highest BCUT2D eigenvalue weighted by Gasteiger charge is 2.11. The van der Waals surface area contributed by atoms with E-state index >= 15 is 0 Å². The minimum atomic E-state index is 0.746. The first-order valence-corrected chi connectivity index (χ1v) is 7.29. The molecule has 0 bridgehead atoms. The molecule has 0 aliphatic heterocycles. The van der Waals surface area contributed by atoms with Crippen molar-refractivity contribution >= 4 is 28.7 Å². The van der Waals surface area contributed by atoms with Crippen molar-refractivity contribution in [3.63, 3.8) is 0 Å². The average Bonchev–Trinajstić information content (AvgIpc) is 2.51. The van der Waals surface area contributed by atoms with E-state index in [0.29, 0.717) is 0 Å². The summed E-state index contributed by atoms with van der Waals surface area (Å²) >= 11 is 6.02. The Morgan fingerprint density at radius 1 is 0.667 bits per heavy atom. The van der Waals surface area contributed by atoms with E-state index in [1.54, 1.807) is 0 Å². The quantitative estimate of drug-likeness (QED) is 0.562. The van der Waals surface area contributed by atoms with Gasteiger partial charge >= 0.3 is 0 Å². The molecule has 3 aromatic carbocycles. The maximum atomic E-state index is 6.02. The Morgan fingerprint density at radius 3 is 1.95 bits per heavy atom. The Bertz CT molecular complexity index is 720. The summed E-state index contributed by atoms with van der Waals surface area (Å²) in [6.07, 6.45) is 0. The van der Waals surface area contributed by atoms with Crippen molar-refractivity contribution < 1.29 is 0 Å². The van der Waals surface area contributed by atoms with Gasteiger partial charge in [0.25, 0.3) is 0 Å². The SMILES string of the molecule is Cc1cccc(N(c2ccccc2)c2ccc(Cl)cc2)c1. The summed E-state index contributed by atoms with van der Waals surface area (Å²) in [6.45, 7) is 2.11. The van der Waals surface area contributed by atoms with E-state index < -0.39 is 0 Å². The molecule has 3 aromatic rings. The van der Waals surface area contributed by atoms with Crippen LogP contribution in [0.15, 0.2) is 78.9 Å². The van der Waals surface area contributed by atoms with E-state index in [2.05, 4.69) is 48.2 Å². The summed E-state index contributed by atoms with van der Waals surface area (Å²) in [5, 5.41) is 0.746. The maximum absolute atomic E-state index is 6.02. The summed E-state index contributed by atoms with van der Waals surface area (Å²) in [6, 6.07) is 26.7. The van der Waals surface area contributed by atoms with E-state index in [4.69, 9.17) is 11.6 Å². The second-order valence-corrected chi connectivity index (χ2v) is 5.42. The zero-order valence-corrected chi connectivity index (χ0v) is 12.6. The number of nitrogens with zero attached hydrogens (tertiary/aromatic N) is 1. The highest BCUT2D eigenvalue weighted by atomic mass is 35.5. The van der Waals surface area contributed by atoms with E-state index in [1.807, 2.05) is 42.5 Å². The van der Waals surface area contributed by atoms with Gasteiger partial charge in [0, 0.05) is 22.1 Å². The Morgan fingerprint density at radius 2 is 1.29 bits per heavy atom. The number of rotatable bonds is 3. The van der Waals surface area contributed by atoms with Gasteiger partial charge < -0.3 is 4.90 Å². The first-order chi connectivity index (χ1) is 10.2. The molecule has 21 heavy (non-hydrogen) atoms. The molecule has 0 saturated heterocycles. The molecule has 0 fully saturated rings. The van der Waals surface area contributed by atoms with Crippen LogP contribution in [0.5, 0.6) is 0 Å². The predicted octanol–water partition coefficient (Wildman–Crippen LogP) is 6.12. The summed E-state index contributed by atoms with van der Waals surface area (Å²) in [7, 11) is 0. The third-order valence-corrected chi connectivity index (χ3v) is 3.61. The van der Waals surface area contributed by atoms with Crippen LogP contribution >= 0.6 is 11.6 Å². The Balaban J connectivity index is 2.13. The molecule has 0 aliphatic rings. The third kappa shape index (κ3) is 3.09. The zero-order chi connectivity index (χ0) is 14.7. The lowest BCUT2D eigenvalue weighted by Crippen LogP contribution is -2.09. The largest absolute Gasteiger partial charge is 0.310 e. The van der Waals surface area contributed by atoms with E-state index in [0.717, 1.165) is 22.1 Å². The number of hydrogen-bond acceptors (Lipinski definition) is 1. The first kappa shape index (κ1) is 13.7. The lowest BCUT2D eigenvalue weighted by molar-refractivity contribution is 1.27. The lowest BCUT2D eigenvalue weighted by Gasteiger charge is -2.25. The summed E-state index contributed by atoms with van der Waals surface area (Å²) in [4.78, 5) is 2.23. The van der Waals surface area contributed by atoms with Crippen LogP contribution in [0.4, 0.5) is 17.1 Å². The fourth-order valence-corrected chi connectivity index (χ4v) is 2.51. The molecular weight excluding hydrogens is 278 g/mol. The van der Waals surface area contributed by atoms with Gasteiger partial charge in [-0.25, -0.2) is 0 Å². The van der Waals surface area contributed by atoms with Crippen LogP contribution in [0.25, 0.3) is 0 Å². The van der Waals surface area contributed by atoms with Crippen LogP contribution in [0.3, 0.4) is 0 Å². The standard InChI is InChI=1S/C19H16ClN/c1-15-6-5-9-19(14-15)21(17-7-3-2-4-8-17)18-12-10-16(20)11-13-18/h2-14H,1H3. The number of halogens is 1. The van der Waals surface area contributed by atoms with Gasteiger partial charge in [-0.2, -0.15) is 0 Å². The maximum Gasteiger partial charge on any atom is 0.0464 e. The van der Waals surface area contributed by atoms with Gasteiger partial charge in [-0.15, -0.1) is 0 Å². The summed E-state index contributed by atoms with van der Waals surface area (Å²) in [5.74, 6) is 0. The van der Waals surface area contributed by atoms with E-state index in [9.17, 15) is 0 Å². The van der Waals surface area contributed by atoms with Crippen molar-refractivity contribution in [2.45, 2.75) is 6.92 Å². The Labute approximate surface area is 130 Å². The third-order valence-electron chi connectivity index (χ3n) is 3.36. The molecule has 0 heterocycles. The minimum Gasteiger partial charge on any atom is -0.310 e. The molecule has 0 N–H and O–H groups in total. The Hall–Kier alpha value is -2.25. The zero-order valence-electron chi connectivity index (χ0n) is 11.8. The van der Waals surface area contributed by atoms with Crippen molar-refractivity contribution in [2.75, 3.05) is 4.90 Å². The van der Waals surface area contributed by atoms with Crippen molar-refractivity contribution in [3.8, 4) is 0 Å². The number of para-hydroxylation sites is 1. The molecule has 2 heteroatoms. The number of aryl methyl sites for hydroxylation is 1. The monoisotopic (exact) mass is 293 g/mol. The van der Waals surface area contributed by atoms with Crippen LogP contribution in [0.2, 0.25) is 5.02 Å². The van der Waals surface area contributed by atoms with Crippen LogP contribution in [0.1, 0.15) is 5.56 Å². The lowest BCUT2D eigenvalue weighted by atomic mass is 10.1. The fourth-order valence-electron chi connectivity index (χ4n) is 2.38. The van der Waals surface area contributed by atoms with Crippen molar-refractivity contribution in [1.29, 1.82) is 0 Å². The van der Waals surface area contributed by atoms with Crippen LogP contribution in [-0.4, -0.2) is 0 Å². The molecule has 0 unspecified atom stereocenters. The highest BCUT2D eigenvalue weighted by Crippen LogP contribution is 2.34. The van der Waals surface area contributed by atoms with Crippen molar-refractivity contribution in [1.82, 2.24) is 0 Å². The summed E-state index contributed by atoms with van der Waals surface area (Å²) in [5.41, 5.74) is 4.60. The molecule has 3 rings (SSSR count). The van der Waals surface area contributed by atoms with E-state index in [-0.39, 0.29) is 0 Å². The van der Waals surface area contributed by atoms with Gasteiger partial charge in [-0.05, 0) is 61.0 Å². The molecule has 0 aromatic heterocycles. The molecule has 0 atom stereocenters. The van der Waals surface area contributed by atoms with E-state index in [1.165, 1.54) is 5.56 Å². The molecule has 0 aliphatic carbocycles. The number of hydrogen-bond donors (Lipinski definition) is 0. The normalized spacial score (nSPS) is 10.4. The van der Waals surface area contributed by atoms with Crippen LogP contribution in [-0.2, 0) is 0 Å². The predicted molar refractivity (Wildman–Crippen MR) is 90.9 cm³/mol. The molecular formula is C19H16ClN. The van der Waals surface area contributed by atoms with Crippen LogP contribution < -0.4 is 4.90 Å². The van der Waals surface area contributed by atoms with Gasteiger partial charge in [0.1, 0.15) is 0 Å². The number of benzene rings is 3. The Kier molecular flexibility index (Phi) is 3.94. The van der Waals surface area contributed by atoms with Crippen LogP contribution in [0, 0.1) is 6.92 Å². The van der Waals surface area contributed by atoms with Gasteiger partial charge in [0.2, 0.25) is 0 Å². The highest BCUT2D eigenvalue weighted by molar-refractivity contribution is 6.30. The first-order valence-electron chi connectivity index (χ1n) is 6.91. The second kappa shape index (κ2) is 6.02. The van der Waals surface area contributed by atoms with Crippen molar-refractivity contribution in [2.24, 2.45) is 0 Å². The topological polar surface area (TPSA) is 3.24 Å². The van der Waals surface area contributed by atoms with Gasteiger partial charge in [-0.1, -0.05) is 41.9 Å². The van der Waals surface area contributed by atoms with Gasteiger partial charge in [0.05, 0.1) is 0 Å². The second-order valence-electron chi connectivity index (χ2n) is 4.99. The molecule has 104 valence electrons. The van der Waals surface area contributed by atoms with Crippen molar-refractivity contribution in [3.05, 3.63) is 89.4 Å². The number of anilines is 3. The average molecular weight is 294 g/mol. The molecule has 1 nitrogen and oxygen atoms in total. The molecule has 0 saturated carbocycles. The molecule has 0 spiro atoms. The molecule has 0 amide bonds. The summed E-state index contributed by atoms with van der Waals surface area (Å²) < 4.78 is 0. The van der Waals surface area contributed by atoms with Gasteiger partial charge in [0.15, 0.2) is 0 Å². The smallest absolute Gasteiger partial charge is 0.0464 e. The van der Waals surface area contributed by atoms with Gasteiger partial charge in [-0.3, -0.25) is 0 Å². The molecule has 0 radical (unpaired) electrons. The fraction of sp³-hybridized carbons (Fsp3) is 0.0526. The minimum absolute atomic E-state index is 0.746.